The molecule has 1 aliphatic rings. The molecule has 0 aromatic heterocycles. The molecule has 8 nitrogen and oxygen atoms in total. The first-order valence-electron chi connectivity index (χ1n) is 8.45. The highest BCUT2D eigenvalue weighted by Gasteiger charge is 2.29. The van der Waals surface area contributed by atoms with Crippen LogP contribution in [0.25, 0.3) is 0 Å². The summed E-state index contributed by atoms with van der Waals surface area (Å²) >= 11 is 0. The van der Waals surface area contributed by atoms with Crippen LogP contribution in [0.3, 0.4) is 0 Å². The molecule has 1 unspecified atom stereocenters. The van der Waals surface area contributed by atoms with E-state index in [1.54, 1.807) is 44.2 Å². The van der Waals surface area contributed by atoms with Crippen LogP contribution in [-0.2, 0) is 9.59 Å². The number of nitrogens with zero attached hydrogens (tertiary/aromatic N) is 2. The first-order chi connectivity index (χ1) is 12.9. The quantitative estimate of drug-likeness (QED) is 0.659. The highest BCUT2D eigenvalue weighted by atomic mass is 16.6. The van der Waals surface area contributed by atoms with Gasteiger partial charge in [-0.2, -0.15) is 0 Å². The van der Waals surface area contributed by atoms with E-state index in [0.29, 0.717) is 16.9 Å². The highest BCUT2D eigenvalue weighted by Crippen LogP contribution is 2.31. The van der Waals surface area contributed by atoms with Gasteiger partial charge in [0, 0.05) is 18.5 Å². The lowest BCUT2D eigenvalue weighted by Gasteiger charge is -2.27. The zero-order valence-electron chi connectivity index (χ0n) is 15.0. The summed E-state index contributed by atoms with van der Waals surface area (Å²) in [5, 5.41) is 13.7. The van der Waals surface area contributed by atoms with Crippen LogP contribution < -0.4 is 15.0 Å². The Kier molecular flexibility index (Phi) is 5.07. The van der Waals surface area contributed by atoms with Crippen LogP contribution in [0.15, 0.2) is 42.5 Å². The number of carbonyl (C=O) groups excluding carboxylic acids is 2. The van der Waals surface area contributed by atoms with Gasteiger partial charge in [0.15, 0.2) is 6.61 Å². The van der Waals surface area contributed by atoms with Crippen molar-refractivity contribution in [3.05, 3.63) is 58.1 Å². The van der Waals surface area contributed by atoms with E-state index in [2.05, 4.69) is 5.32 Å². The number of aryl methyl sites for hydroxylation is 1. The molecule has 0 spiro atoms. The maximum atomic E-state index is 12.9. The largest absolute Gasteiger partial charge is 0.483 e. The highest BCUT2D eigenvalue weighted by molar-refractivity contribution is 6.04. The fourth-order valence-electron chi connectivity index (χ4n) is 3.03. The third-order valence-electron chi connectivity index (χ3n) is 4.36. The Hall–Kier alpha value is -3.42. The molecule has 1 atom stereocenters. The van der Waals surface area contributed by atoms with E-state index in [0.717, 1.165) is 0 Å². The summed E-state index contributed by atoms with van der Waals surface area (Å²) in [5.74, 6) is -0.222. The molecule has 2 amide bonds. The van der Waals surface area contributed by atoms with Crippen molar-refractivity contribution < 1.29 is 19.2 Å². The minimum absolute atomic E-state index is 0.105. The molecule has 0 aliphatic carbocycles. The second-order valence-electron chi connectivity index (χ2n) is 6.38. The summed E-state index contributed by atoms with van der Waals surface area (Å²) < 4.78 is 5.57. The Bertz CT molecular complexity index is 912. The lowest BCUT2D eigenvalue weighted by atomic mass is 10.1. The van der Waals surface area contributed by atoms with Crippen LogP contribution in [-0.4, -0.2) is 29.4 Å². The third-order valence-corrected chi connectivity index (χ3v) is 4.36. The number of nitro benzene ring substituents is 1. The van der Waals surface area contributed by atoms with Gasteiger partial charge < -0.3 is 15.0 Å². The molecule has 2 aromatic rings. The Morgan fingerprint density at radius 1 is 1.33 bits per heavy atom. The molecule has 0 bridgehead atoms. The van der Waals surface area contributed by atoms with Crippen LogP contribution >= 0.6 is 0 Å². The third kappa shape index (κ3) is 3.89. The minimum Gasteiger partial charge on any atom is -0.483 e. The predicted octanol–water partition coefficient (Wildman–Crippen LogP) is 3.05. The summed E-state index contributed by atoms with van der Waals surface area (Å²) in [6.07, 6.45) is 0.163. The van der Waals surface area contributed by atoms with Crippen LogP contribution in [0, 0.1) is 17.0 Å². The monoisotopic (exact) mass is 369 g/mol. The van der Waals surface area contributed by atoms with E-state index in [1.807, 2.05) is 0 Å². The molecule has 0 saturated carbocycles. The number of rotatable bonds is 4. The van der Waals surface area contributed by atoms with Crippen molar-refractivity contribution in [3.63, 3.8) is 0 Å². The minimum atomic E-state index is -0.515. The SMILES string of the molecule is Cc1ccc([N+](=O)[O-])cc1OCC(=O)N1c2ccccc2NC(=O)CC1C. The number of hydrogen-bond donors (Lipinski definition) is 1. The molecule has 1 heterocycles. The summed E-state index contributed by atoms with van der Waals surface area (Å²) in [6.45, 7) is 3.24. The molecule has 0 radical (unpaired) electrons. The Labute approximate surface area is 155 Å². The number of fused-ring (bicyclic) bond motifs is 1. The van der Waals surface area contributed by atoms with Crippen LogP contribution in [0.5, 0.6) is 5.75 Å². The molecular weight excluding hydrogens is 350 g/mol. The van der Waals surface area contributed by atoms with E-state index in [-0.39, 0.29) is 42.3 Å². The average molecular weight is 369 g/mol. The summed E-state index contributed by atoms with van der Waals surface area (Å²) in [7, 11) is 0. The second kappa shape index (κ2) is 7.45. The van der Waals surface area contributed by atoms with Gasteiger partial charge in [0.2, 0.25) is 5.91 Å². The maximum Gasteiger partial charge on any atom is 0.273 e. The molecule has 8 heteroatoms. The van der Waals surface area contributed by atoms with Crippen LogP contribution in [0.1, 0.15) is 18.9 Å². The molecule has 0 saturated heterocycles. The number of benzene rings is 2. The fourth-order valence-corrected chi connectivity index (χ4v) is 3.03. The molecule has 2 aromatic carbocycles. The van der Waals surface area contributed by atoms with Gasteiger partial charge in [-0.05, 0) is 37.6 Å². The van der Waals surface area contributed by atoms with Gasteiger partial charge in [-0.15, -0.1) is 0 Å². The smallest absolute Gasteiger partial charge is 0.273 e. The number of anilines is 2. The van der Waals surface area contributed by atoms with Crippen molar-refractivity contribution in [3.8, 4) is 5.75 Å². The standard InChI is InChI=1S/C19H19N3O5/c1-12-7-8-14(22(25)26)10-17(12)27-11-19(24)21-13(2)9-18(23)20-15-5-3-4-6-16(15)21/h3-8,10,13H,9,11H2,1-2H3,(H,20,23). The molecule has 27 heavy (non-hydrogen) atoms. The van der Waals surface area contributed by atoms with E-state index in [4.69, 9.17) is 4.74 Å². The van der Waals surface area contributed by atoms with Gasteiger partial charge in [-0.1, -0.05) is 12.1 Å². The number of carbonyl (C=O) groups is 2. The number of para-hydroxylation sites is 2. The lowest BCUT2D eigenvalue weighted by Crippen LogP contribution is -2.41. The lowest BCUT2D eigenvalue weighted by molar-refractivity contribution is -0.384. The van der Waals surface area contributed by atoms with Gasteiger partial charge in [0.05, 0.1) is 22.4 Å². The Balaban J connectivity index is 1.83. The number of ether oxygens (including phenoxy) is 1. The van der Waals surface area contributed by atoms with Crippen molar-refractivity contribution in [1.29, 1.82) is 0 Å². The van der Waals surface area contributed by atoms with Crippen molar-refractivity contribution in [1.82, 2.24) is 0 Å². The molecule has 140 valence electrons. The summed E-state index contributed by atoms with van der Waals surface area (Å²) in [6, 6.07) is 11.0. The number of nitrogens with one attached hydrogen (secondary N) is 1. The Morgan fingerprint density at radius 3 is 2.81 bits per heavy atom. The number of non-ortho nitro benzene ring substituents is 1. The maximum absolute atomic E-state index is 12.9. The van der Waals surface area contributed by atoms with Gasteiger partial charge in [0.1, 0.15) is 5.75 Å². The second-order valence-corrected chi connectivity index (χ2v) is 6.38. The van der Waals surface area contributed by atoms with Crippen molar-refractivity contribution in [2.45, 2.75) is 26.3 Å². The van der Waals surface area contributed by atoms with Gasteiger partial charge in [-0.3, -0.25) is 19.7 Å². The van der Waals surface area contributed by atoms with Crippen molar-refractivity contribution >= 4 is 28.9 Å². The molecule has 1 N–H and O–H groups in total. The molecule has 0 fully saturated rings. The molecule has 3 rings (SSSR count). The summed E-state index contributed by atoms with van der Waals surface area (Å²) in [4.78, 5) is 36.8. The van der Waals surface area contributed by atoms with Crippen LogP contribution in [0.2, 0.25) is 0 Å². The van der Waals surface area contributed by atoms with E-state index < -0.39 is 4.92 Å². The average Bonchev–Trinajstić information content (AvgIpc) is 2.74. The van der Waals surface area contributed by atoms with Gasteiger partial charge in [0.25, 0.3) is 11.6 Å². The van der Waals surface area contributed by atoms with Crippen LogP contribution in [0.4, 0.5) is 17.1 Å². The first kappa shape index (κ1) is 18.4. The fraction of sp³-hybridized carbons (Fsp3) is 0.263. The van der Waals surface area contributed by atoms with Gasteiger partial charge in [-0.25, -0.2) is 0 Å². The predicted molar refractivity (Wildman–Crippen MR) is 100.0 cm³/mol. The number of hydrogen-bond acceptors (Lipinski definition) is 5. The van der Waals surface area contributed by atoms with Gasteiger partial charge >= 0.3 is 0 Å². The van der Waals surface area contributed by atoms with E-state index in [1.165, 1.54) is 17.0 Å². The number of nitro groups is 1. The molecule has 1 aliphatic heterocycles. The summed E-state index contributed by atoms with van der Waals surface area (Å²) in [5.41, 5.74) is 1.74. The zero-order chi connectivity index (χ0) is 19.6. The van der Waals surface area contributed by atoms with Crippen molar-refractivity contribution in [2.24, 2.45) is 0 Å². The van der Waals surface area contributed by atoms with Crippen molar-refractivity contribution in [2.75, 3.05) is 16.8 Å². The number of amides is 2. The Morgan fingerprint density at radius 2 is 2.07 bits per heavy atom. The van der Waals surface area contributed by atoms with E-state index in [9.17, 15) is 19.7 Å². The normalized spacial score (nSPS) is 16.1. The first-order valence-corrected chi connectivity index (χ1v) is 8.45. The topological polar surface area (TPSA) is 102 Å². The zero-order valence-corrected chi connectivity index (χ0v) is 15.0. The molecular formula is C19H19N3O5. The van der Waals surface area contributed by atoms with E-state index >= 15 is 0 Å².